The van der Waals surface area contributed by atoms with Crippen LogP contribution in [0.4, 0.5) is 22.0 Å². The van der Waals surface area contributed by atoms with Gasteiger partial charge < -0.3 is 14.2 Å². The van der Waals surface area contributed by atoms with Crippen molar-refractivity contribution in [3.8, 4) is 34.5 Å². The molecule has 162 valence electrons. The third kappa shape index (κ3) is 4.49. The Morgan fingerprint density at radius 2 is 0.750 bits per heavy atom. The molecule has 0 saturated carbocycles. The normalized spacial score (nSPS) is 10.7. The molecule has 0 aliphatic carbocycles. The summed E-state index contributed by atoms with van der Waals surface area (Å²) in [4.78, 5) is 0. The van der Waals surface area contributed by atoms with Crippen molar-refractivity contribution in [1.29, 1.82) is 0 Å². The second kappa shape index (κ2) is 8.97. The Labute approximate surface area is 179 Å². The summed E-state index contributed by atoms with van der Waals surface area (Å²) in [5.41, 5.74) is 0. The van der Waals surface area contributed by atoms with Gasteiger partial charge in [-0.05, 0) is 36.4 Å². The fourth-order valence-corrected chi connectivity index (χ4v) is 2.76. The fourth-order valence-electron chi connectivity index (χ4n) is 2.76. The van der Waals surface area contributed by atoms with Crippen molar-refractivity contribution in [2.24, 2.45) is 0 Å². The average Bonchev–Trinajstić information content (AvgIpc) is 2.80. The molecule has 4 rings (SSSR count). The second-order valence-electron chi connectivity index (χ2n) is 6.47. The fraction of sp³-hybridized carbons (Fsp3) is 0. The van der Waals surface area contributed by atoms with Crippen molar-refractivity contribution < 1.29 is 36.2 Å². The van der Waals surface area contributed by atoms with E-state index in [1.807, 2.05) is 18.2 Å². The topological polar surface area (TPSA) is 27.7 Å². The van der Waals surface area contributed by atoms with Gasteiger partial charge in [-0.1, -0.05) is 30.3 Å². The highest BCUT2D eigenvalue weighted by Crippen LogP contribution is 2.35. The van der Waals surface area contributed by atoms with Crippen molar-refractivity contribution in [1.82, 2.24) is 0 Å². The van der Waals surface area contributed by atoms with Gasteiger partial charge >= 0.3 is 0 Å². The third-order valence-electron chi connectivity index (χ3n) is 4.22. The largest absolute Gasteiger partial charge is 0.457 e. The number of benzene rings is 4. The first kappa shape index (κ1) is 21.2. The maximum atomic E-state index is 13.9. The summed E-state index contributed by atoms with van der Waals surface area (Å²) >= 11 is 0. The summed E-state index contributed by atoms with van der Waals surface area (Å²) in [7, 11) is 0. The van der Waals surface area contributed by atoms with Gasteiger partial charge in [0.05, 0.1) is 0 Å². The average molecular weight is 444 g/mol. The van der Waals surface area contributed by atoms with Gasteiger partial charge in [0, 0.05) is 12.1 Å². The Balaban J connectivity index is 1.54. The molecule has 0 fully saturated rings. The van der Waals surface area contributed by atoms with E-state index in [1.54, 1.807) is 36.4 Å². The highest BCUT2D eigenvalue weighted by atomic mass is 19.2. The van der Waals surface area contributed by atoms with E-state index in [2.05, 4.69) is 0 Å². The van der Waals surface area contributed by atoms with Crippen LogP contribution in [0.3, 0.4) is 0 Å². The van der Waals surface area contributed by atoms with Crippen molar-refractivity contribution in [3.05, 3.63) is 108 Å². The lowest BCUT2D eigenvalue weighted by Crippen LogP contribution is -2.04. The van der Waals surface area contributed by atoms with E-state index in [4.69, 9.17) is 14.2 Å². The van der Waals surface area contributed by atoms with E-state index in [1.165, 1.54) is 24.3 Å². The molecule has 0 atom stereocenters. The summed E-state index contributed by atoms with van der Waals surface area (Å²) in [6, 6.07) is 21.2. The van der Waals surface area contributed by atoms with Crippen molar-refractivity contribution in [2.45, 2.75) is 0 Å². The van der Waals surface area contributed by atoms with E-state index >= 15 is 0 Å². The molecule has 4 aromatic carbocycles. The van der Waals surface area contributed by atoms with Gasteiger partial charge in [-0.3, -0.25) is 0 Å². The molecule has 0 unspecified atom stereocenters. The van der Waals surface area contributed by atoms with Crippen LogP contribution < -0.4 is 14.2 Å². The van der Waals surface area contributed by atoms with Gasteiger partial charge in [-0.2, -0.15) is 8.78 Å². The zero-order valence-corrected chi connectivity index (χ0v) is 16.1. The van der Waals surface area contributed by atoms with Gasteiger partial charge in [-0.15, -0.1) is 0 Å². The van der Waals surface area contributed by atoms with Crippen molar-refractivity contribution >= 4 is 0 Å². The molecule has 0 aliphatic rings. The van der Waals surface area contributed by atoms with Crippen LogP contribution in [-0.4, -0.2) is 0 Å². The summed E-state index contributed by atoms with van der Waals surface area (Å²) in [5, 5.41) is 0. The van der Waals surface area contributed by atoms with Crippen LogP contribution in [0.1, 0.15) is 0 Å². The van der Waals surface area contributed by atoms with Crippen LogP contribution in [0.5, 0.6) is 34.5 Å². The molecule has 0 bridgehead atoms. The molecule has 0 amide bonds. The lowest BCUT2D eigenvalue weighted by atomic mass is 10.2. The lowest BCUT2D eigenvalue weighted by molar-refractivity contribution is 0.331. The number of hydrogen-bond acceptors (Lipinski definition) is 3. The molecule has 0 saturated heterocycles. The maximum absolute atomic E-state index is 13.9. The van der Waals surface area contributed by atoms with E-state index in [9.17, 15) is 22.0 Å². The number of para-hydroxylation sites is 1. The summed E-state index contributed by atoms with van der Waals surface area (Å²) in [6.45, 7) is 0. The summed E-state index contributed by atoms with van der Waals surface area (Å²) < 4.78 is 84.1. The van der Waals surface area contributed by atoms with E-state index < -0.39 is 34.8 Å². The predicted molar refractivity (Wildman–Crippen MR) is 106 cm³/mol. The van der Waals surface area contributed by atoms with Crippen LogP contribution in [0, 0.1) is 29.1 Å². The Morgan fingerprint density at radius 1 is 0.375 bits per heavy atom. The zero-order chi connectivity index (χ0) is 22.7. The molecule has 0 radical (unpaired) electrons. The first-order valence-corrected chi connectivity index (χ1v) is 9.22. The van der Waals surface area contributed by atoms with Gasteiger partial charge in [-0.25, -0.2) is 13.2 Å². The highest BCUT2D eigenvalue weighted by molar-refractivity contribution is 5.42. The molecule has 0 spiro atoms. The monoisotopic (exact) mass is 444 g/mol. The van der Waals surface area contributed by atoms with Gasteiger partial charge in [0.25, 0.3) is 0 Å². The molecule has 8 heteroatoms. The number of rotatable bonds is 6. The smallest absolute Gasteiger partial charge is 0.207 e. The lowest BCUT2D eigenvalue weighted by Gasteiger charge is -2.12. The van der Waals surface area contributed by atoms with Crippen LogP contribution in [-0.2, 0) is 0 Å². The molecule has 0 heterocycles. The van der Waals surface area contributed by atoms with E-state index in [0.717, 1.165) is 0 Å². The number of ether oxygens (including phenoxy) is 3. The maximum Gasteiger partial charge on any atom is 0.207 e. The SMILES string of the molecule is Fc1c(F)c(F)c(Oc2cccc(Oc3cccc(Oc4ccccc4)c3)c2)c(F)c1F. The zero-order valence-electron chi connectivity index (χ0n) is 16.1. The molecule has 32 heavy (non-hydrogen) atoms. The van der Waals surface area contributed by atoms with Crippen molar-refractivity contribution in [3.63, 3.8) is 0 Å². The first-order chi connectivity index (χ1) is 15.4. The minimum absolute atomic E-state index is 0.192. The Hall–Kier alpha value is -4.07. The van der Waals surface area contributed by atoms with Crippen LogP contribution in [0.2, 0.25) is 0 Å². The Morgan fingerprint density at radius 3 is 1.25 bits per heavy atom. The minimum atomic E-state index is -2.26. The molecule has 4 aromatic rings. The van der Waals surface area contributed by atoms with Crippen LogP contribution in [0.15, 0.2) is 78.9 Å². The number of halogens is 5. The highest BCUT2D eigenvalue weighted by Gasteiger charge is 2.27. The Kier molecular flexibility index (Phi) is 5.93. The van der Waals surface area contributed by atoms with Crippen LogP contribution in [0.25, 0.3) is 0 Å². The predicted octanol–water partition coefficient (Wildman–Crippen LogP) is 7.76. The van der Waals surface area contributed by atoms with E-state index in [0.29, 0.717) is 17.2 Å². The molecule has 0 N–H and O–H groups in total. The molecule has 0 aromatic heterocycles. The third-order valence-corrected chi connectivity index (χ3v) is 4.22. The van der Waals surface area contributed by atoms with Crippen molar-refractivity contribution in [2.75, 3.05) is 0 Å². The molecular weight excluding hydrogens is 431 g/mol. The number of hydrogen-bond donors (Lipinski definition) is 0. The van der Waals surface area contributed by atoms with Gasteiger partial charge in [0.15, 0.2) is 0 Å². The second-order valence-corrected chi connectivity index (χ2v) is 6.47. The summed E-state index contributed by atoms with van der Waals surface area (Å²) in [5.74, 6) is -10.5. The Bertz CT molecular complexity index is 1230. The van der Waals surface area contributed by atoms with Gasteiger partial charge in [0.2, 0.25) is 34.8 Å². The van der Waals surface area contributed by atoms with Crippen LogP contribution >= 0.6 is 0 Å². The van der Waals surface area contributed by atoms with E-state index in [-0.39, 0.29) is 11.5 Å². The standard InChI is InChI=1S/C24H13F5O3/c25-19-20(26)22(28)24(23(29)21(19)27)32-18-11-5-10-17(13-18)31-16-9-4-8-15(12-16)30-14-6-2-1-3-7-14/h1-13H. The molecule has 3 nitrogen and oxygen atoms in total. The molecular formula is C24H13F5O3. The summed E-state index contributed by atoms with van der Waals surface area (Å²) in [6.07, 6.45) is 0. The molecule has 0 aliphatic heterocycles. The van der Waals surface area contributed by atoms with Gasteiger partial charge in [0.1, 0.15) is 28.7 Å². The quantitative estimate of drug-likeness (QED) is 0.173. The first-order valence-electron chi connectivity index (χ1n) is 9.22. The minimum Gasteiger partial charge on any atom is -0.457 e.